The molecule has 0 aromatic heterocycles. The second-order valence-corrected chi connectivity index (χ2v) is 18.8. The Labute approximate surface area is 394 Å². The Morgan fingerprint density at radius 1 is 0.359 bits per heavy atom. The molecule has 0 heterocycles. The van der Waals surface area contributed by atoms with Crippen LogP contribution in [0.15, 0.2) is 116 Å². The summed E-state index contributed by atoms with van der Waals surface area (Å²) in [7, 11) is 2.91. The number of allylic oxidation sites excluding steroid dienone is 20. The third-order valence-corrected chi connectivity index (χ3v) is 12.6. The van der Waals surface area contributed by atoms with Crippen LogP contribution in [0.5, 0.6) is 23.0 Å². The zero-order valence-electron chi connectivity index (χ0n) is 43.6. The van der Waals surface area contributed by atoms with Gasteiger partial charge in [-0.2, -0.15) is 0 Å². The van der Waals surface area contributed by atoms with Crippen molar-refractivity contribution in [3.05, 3.63) is 128 Å². The molecule has 4 heteroatoms. The largest absolute Gasteiger partial charge is 0.504 e. The topological polar surface area (TPSA) is 58.9 Å². The van der Waals surface area contributed by atoms with Gasteiger partial charge in [-0.25, -0.2) is 0 Å². The zero-order chi connectivity index (χ0) is 47.9. The fourth-order valence-corrected chi connectivity index (χ4v) is 7.73. The number of rotatable bonds is 32. The van der Waals surface area contributed by atoms with Crippen molar-refractivity contribution in [2.45, 2.75) is 212 Å². The molecule has 1 rings (SSSR count). The van der Waals surface area contributed by atoms with Crippen molar-refractivity contribution in [2.75, 3.05) is 14.2 Å². The van der Waals surface area contributed by atoms with E-state index in [1.165, 1.54) is 95.6 Å². The Morgan fingerprint density at radius 2 is 0.578 bits per heavy atom. The molecule has 2 N–H and O–H groups in total. The van der Waals surface area contributed by atoms with E-state index in [0.29, 0.717) is 17.5 Å². The van der Waals surface area contributed by atoms with Gasteiger partial charge in [-0.1, -0.05) is 123 Å². The highest BCUT2D eigenvalue weighted by molar-refractivity contribution is 5.66. The summed E-state index contributed by atoms with van der Waals surface area (Å²) < 4.78 is 10.5. The molecule has 0 aliphatic heterocycles. The number of phenolic OH excluding ortho intramolecular Hbond substituents is 2. The van der Waals surface area contributed by atoms with Gasteiger partial charge in [0.2, 0.25) is 11.5 Å². The van der Waals surface area contributed by atoms with Crippen molar-refractivity contribution in [1.29, 1.82) is 0 Å². The lowest BCUT2D eigenvalue weighted by Gasteiger charge is -2.17. The molecule has 0 saturated heterocycles. The summed E-state index contributed by atoms with van der Waals surface area (Å²) in [5.41, 5.74) is 16.0. The van der Waals surface area contributed by atoms with Crippen molar-refractivity contribution < 1.29 is 19.7 Å². The Bertz CT molecular complexity index is 1860. The van der Waals surface area contributed by atoms with Gasteiger partial charge in [0.15, 0.2) is 11.5 Å². The fraction of sp³-hybridized carbons (Fsp3) is 0.567. The van der Waals surface area contributed by atoms with Crippen LogP contribution in [0.3, 0.4) is 0 Å². The van der Waals surface area contributed by atoms with Gasteiger partial charge in [0.1, 0.15) is 0 Å². The normalized spacial score (nSPS) is 14.5. The first-order valence-corrected chi connectivity index (χ1v) is 24.7. The van der Waals surface area contributed by atoms with Gasteiger partial charge in [-0.05, 0) is 205 Å². The maximum Gasteiger partial charge on any atom is 0.207 e. The molecule has 358 valence electrons. The van der Waals surface area contributed by atoms with Crippen molar-refractivity contribution in [3.63, 3.8) is 0 Å². The second kappa shape index (κ2) is 34.2. The Hall–Kier alpha value is -4.18. The van der Waals surface area contributed by atoms with E-state index in [4.69, 9.17) is 9.47 Å². The molecule has 0 aliphatic carbocycles. The zero-order valence-corrected chi connectivity index (χ0v) is 43.6. The van der Waals surface area contributed by atoms with Crippen LogP contribution in [0.2, 0.25) is 0 Å². The van der Waals surface area contributed by atoms with Crippen LogP contribution in [-0.2, 0) is 6.42 Å². The first-order valence-electron chi connectivity index (χ1n) is 24.7. The maximum absolute atomic E-state index is 10.7. The predicted octanol–water partition coefficient (Wildman–Crippen LogP) is 18.9. The average Bonchev–Trinajstić information content (AvgIpc) is 3.24. The Kier molecular flexibility index (Phi) is 30.9. The van der Waals surface area contributed by atoms with Crippen molar-refractivity contribution >= 4 is 0 Å². The van der Waals surface area contributed by atoms with Gasteiger partial charge in [-0.15, -0.1) is 0 Å². The van der Waals surface area contributed by atoms with Gasteiger partial charge >= 0.3 is 0 Å². The van der Waals surface area contributed by atoms with Crippen molar-refractivity contribution in [3.8, 4) is 23.0 Å². The molecule has 0 radical (unpaired) electrons. The summed E-state index contributed by atoms with van der Waals surface area (Å²) in [6, 6.07) is 0. The van der Waals surface area contributed by atoms with Crippen LogP contribution in [0.1, 0.15) is 209 Å². The third kappa shape index (κ3) is 25.9. The highest BCUT2D eigenvalue weighted by Crippen LogP contribution is 2.48. The Morgan fingerprint density at radius 3 is 0.812 bits per heavy atom. The van der Waals surface area contributed by atoms with Gasteiger partial charge < -0.3 is 19.7 Å². The molecule has 64 heavy (non-hydrogen) atoms. The molecule has 0 aliphatic rings. The number of benzene rings is 1. The summed E-state index contributed by atoms with van der Waals surface area (Å²) in [5, 5.41) is 21.3. The molecular formula is C60H94O4. The molecule has 0 bridgehead atoms. The molecule has 0 fully saturated rings. The monoisotopic (exact) mass is 879 g/mol. The summed E-state index contributed by atoms with van der Waals surface area (Å²) in [5.74, 6) is 0.356. The minimum Gasteiger partial charge on any atom is -0.504 e. The number of hydrogen-bond donors (Lipinski definition) is 2. The quantitative estimate of drug-likeness (QED) is 0.0559. The maximum atomic E-state index is 10.7. The van der Waals surface area contributed by atoms with Crippen LogP contribution < -0.4 is 9.47 Å². The van der Waals surface area contributed by atoms with Crippen LogP contribution in [0, 0.1) is 6.92 Å². The first-order chi connectivity index (χ1) is 30.5. The molecular weight excluding hydrogens is 785 g/mol. The van der Waals surface area contributed by atoms with Crippen LogP contribution >= 0.6 is 0 Å². The average molecular weight is 879 g/mol. The van der Waals surface area contributed by atoms with Gasteiger partial charge in [0.25, 0.3) is 0 Å². The van der Waals surface area contributed by atoms with Crippen LogP contribution in [-0.4, -0.2) is 24.4 Å². The van der Waals surface area contributed by atoms with E-state index in [1.54, 1.807) is 6.92 Å². The lowest BCUT2D eigenvalue weighted by molar-refractivity contribution is 0.314. The molecule has 0 amide bonds. The van der Waals surface area contributed by atoms with E-state index in [1.807, 2.05) is 0 Å². The predicted molar refractivity (Wildman–Crippen MR) is 282 cm³/mol. The summed E-state index contributed by atoms with van der Waals surface area (Å²) in [4.78, 5) is 0. The molecule has 4 nitrogen and oxygen atoms in total. The van der Waals surface area contributed by atoms with E-state index < -0.39 is 0 Å². The number of phenols is 2. The van der Waals surface area contributed by atoms with Crippen molar-refractivity contribution in [2.24, 2.45) is 0 Å². The first kappa shape index (κ1) is 57.8. The van der Waals surface area contributed by atoms with E-state index in [-0.39, 0.29) is 23.0 Å². The smallest absolute Gasteiger partial charge is 0.207 e. The third-order valence-electron chi connectivity index (χ3n) is 12.6. The highest BCUT2D eigenvalue weighted by Gasteiger charge is 2.22. The molecule has 0 saturated carbocycles. The minimum atomic E-state index is 0.00644. The van der Waals surface area contributed by atoms with Gasteiger partial charge in [0, 0.05) is 11.1 Å². The van der Waals surface area contributed by atoms with E-state index >= 15 is 0 Å². The number of ether oxygens (including phenoxy) is 2. The standard InChI is InChI=1S/C60H94O4/c1-15-45(2)25-16-26-46(3)27-17-28-47(4)29-18-30-48(5)31-19-32-49(6)33-20-34-50(7)35-21-36-51(8)37-22-38-52(9)39-23-40-53(10)41-24-42-54(11)43-44-56-55(12)57(61)59(63-13)60(64-14)58(56)62/h25,27,29,31,33,35,37,39,41,43,61-62H,15-24,26,28,30,32,34,36,38,40,42,44H2,1-14H3/b45-25+,46-27+,47-29+,48-31+,49-33+,50-35+,51-37+,52-39+,53-41+,54-43+. The summed E-state index contributed by atoms with van der Waals surface area (Å²) in [6.45, 7) is 26.6. The lowest BCUT2D eigenvalue weighted by atomic mass is 9.99. The van der Waals surface area contributed by atoms with Crippen LogP contribution in [0.4, 0.5) is 0 Å². The molecule has 0 atom stereocenters. The van der Waals surface area contributed by atoms with Gasteiger partial charge in [-0.3, -0.25) is 0 Å². The highest BCUT2D eigenvalue weighted by atomic mass is 16.5. The summed E-state index contributed by atoms with van der Waals surface area (Å²) in [6.07, 6.45) is 45.9. The van der Waals surface area contributed by atoms with Gasteiger partial charge in [0.05, 0.1) is 14.2 Å². The van der Waals surface area contributed by atoms with E-state index in [0.717, 1.165) is 96.3 Å². The molecule has 1 aromatic rings. The van der Waals surface area contributed by atoms with E-state index in [9.17, 15) is 10.2 Å². The number of methoxy groups -OCH3 is 2. The second-order valence-electron chi connectivity index (χ2n) is 18.8. The van der Waals surface area contributed by atoms with E-state index in [2.05, 4.69) is 137 Å². The number of hydrogen-bond acceptors (Lipinski definition) is 4. The SMILES string of the molecule is CC/C(C)=C/CC/C(C)=C/CC/C(C)=C/CC/C(C)=C/CC/C(C)=C/CC/C(C)=C/CC/C(C)=C/CC/C(C)=C/CC/C(C)=C/CC/C(C)=C/Cc1c(C)c(O)c(OC)c(OC)c1O. The molecule has 0 spiro atoms. The lowest BCUT2D eigenvalue weighted by Crippen LogP contribution is -1.98. The number of aromatic hydroxyl groups is 2. The molecule has 1 aromatic carbocycles. The van der Waals surface area contributed by atoms with Crippen LogP contribution in [0.25, 0.3) is 0 Å². The fourth-order valence-electron chi connectivity index (χ4n) is 7.73. The Balaban J connectivity index is 2.32. The molecule has 0 unspecified atom stereocenters. The van der Waals surface area contributed by atoms with Crippen molar-refractivity contribution in [1.82, 2.24) is 0 Å². The summed E-state index contributed by atoms with van der Waals surface area (Å²) >= 11 is 0. The minimum absolute atomic E-state index is 0.00644.